The number of hydrogen-bond donors (Lipinski definition) is 1. The number of carbonyl (C=O) groups excluding carboxylic acids is 2. The quantitative estimate of drug-likeness (QED) is 0.221. The number of urea groups is 1. The Bertz CT molecular complexity index is 924. The molecular formula is C30H42N2O3S. The number of unbranched alkanes of at least 4 members (excludes halogenated alkanes) is 4. The number of rotatable bonds is 13. The second kappa shape index (κ2) is 15.6. The summed E-state index contributed by atoms with van der Waals surface area (Å²) in [5.41, 5.74) is 1.90. The first kappa shape index (κ1) is 28.1. The van der Waals surface area contributed by atoms with Crippen molar-refractivity contribution >= 4 is 29.4 Å². The lowest BCUT2D eigenvalue weighted by Crippen LogP contribution is -2.46. The van der Waals surface area contributed by atoms with Crippen LogP contribution in [0.2, 0.25) is 0 Å². The first-order valence-electron chi connectivity index (χ1n) is 13.7. The molecular weight excluding hydrogens is 468 g/mol. The van der Waals surface area contributed by atoms with Gasteiger partial charge in [0.2, 0.25) is 0 Å². The Hall–Kier alpha value is -2.47. The molecule has 2 aromatic rings. The predicted octanol–water partition coefficient (Wildman–Crippen LogP) is 7.76. The van der Waals surface area contributed by atoms with Crippen molar-refractivity contribution in [2.45, 2.75) is 100 Å². The number of hydrogen-bond acceptors (Lipinski definition) is 4. The van der Waals surface area contributed by atoms with E-state index in [-0.39, 0.29) is 12.0 Å². The third-order valence-corrected chi connectivity index (χ3v) is 7.64. The van der Waals surface area contributed by atoms with Crippen molar-refractivity contribution in [2.24, 2.45) is 0 Å². The highest BCUT2D eigenvalue weighted by molar-refractivity contribution is 7.99. The normalized spacial score (nSPS) is 13.8. The zero-order valence-corrected chi connectivity index (χ0v) is 22.8. The summed E-state index contributed by atoms with van der Waals surface area (Å²) in [6, 6.07) is 16.7. The average Bonchev–Trinajstić information content (AvgIpc) is 2.89. The third kappa shape index (κ3) is 9.53. The molecule has 0 unspecified atom stereocenters. The first-order chi connectivity index (χ1) is 17.6. The van der Waals surface area contributed by atoms with Gasteiger partial charge >= 0.3 is 12.0 Å². The Labute approximate surface area is 221 Å². The zero-order valence-electron chi connectivity index (χ0n) is 22.0. The molecule has 1 aliphatic carbocycles. The topological polar surface area (TPSA) is 58.6 Å². The van der Waals surface area contributed by atoms with Crippen LogP contribution in [0.1, 0.15) is 83.6 Å². The van der Waals surface area contributed by atoms with Crippen LogP contribution in [0.3, 0.4) is 0 Å². The highest BCUT2D eigenvalue weighted by Crippen LogP contribution is 2.30. The van der Waals surface area contributed by atoms with Gasteiger partial charge in [0.05, 0.1) is 13.0 Å². The van der Waals surface area contributed by atoms with Gasteiger partial charge in [0, 0.05) is 28.1 Å². The smallest absolute Gasteiger partial charge is 0.322 e. The molecule has 0 aromatic heterocycles. The Kier molecular flexibility index (Phi) is 12.2. The van der Waals surface area contributed by atoms with E-state index in [4.69, 9.17) is 4.74 Å². The molecule has 1 N–H and O–H groups in total. The average molecular weight is 511 g/mol. The maximum absolute atomic E-state index is 13.2. The van der Waals surface area contributed by atoms with Gasteiger partial charge in [-0.05, 0) is 68.1 Å². The molecule has 3 rings (SSSR count). The first-order valence-corrected chi connectivity index (χ1v) is 14.5. The minimum atomic E-state index is -0.198. The maximum Gasteiger partial charge on any atom is 0.322 e. The van der Waals surface area contributed by atoms with Crippen molar-refractivity contribution < 1.29 is 14.3 Å². The maximum atomic E-state index is 13.2. The van der Waals surface area contributed by atoms with E-state index in [2.05, 4.69) is 36.5 Å². The molecule has 0 heterocycles. The van der Waals surface area contributed by atoms with Crippen LogP contribution in [0, 0.1) is 0 Å². The van der Waals surface area contributed by atoms with Gasteiger partial charge in [0.15, 0.2) is 0 Å². The number of benzene rings is 2. The Balaban J connectivity index is 1.61. The van der Waals surface area contributed by atoms with E-state index < -0.39 is 0 Å². The fourth-order valence-corrected chi connectivity index (χ4v) is 5.42. The molecule has 0 atom stereocenters. The highest BCUT2D eigenvalue weighted by atomic mass is 32.2. The molecule has 1 fully saturated rings. The van der Waals surface area contributed by atoms with Gasteiger partial charge in [-0.1, -0.05) is 75.8 Å². The number of amides is 2. The standard InChI is InChI=1S/C30H42N2O3S/c1-3-5-6-7-11-22-32(30(34)31-25-12-9-8-10-13-25)26-16-20-28(21-17-26)36-27-18-14-24(15-19-27)23-29(33)35-4-2/h14-21,25H,3-13,22-23H2,1-2H3,(H,31,34). The molecule has 1 aliphatic rings. The van der Waals surface area contributed by atoms with Gasteiger partial charge in [-0.15, -0.1) is 0 Å². The largest absolute Gasteiger partial charge is 0.466 e. The Morgan fingerprint density at radius 2 is 1.53 bits per heavy atom. The Morgan fingerprint density at radius 1 is 0.889 bits per heavy atom. The van der Waals surface area contributed by atoms with Crippen LogP contribution in [0.25, 0.3) is 0 Å². The van der Waals surface area contributed by atoms with Crippen LogP contribution >= 0.6 is 11.8 Å². The molecule has 0 spiro atoms. The van der Waals surface area contributed by atoms with Crippen molar-refractivity contribution in [3.05, 3.63) is 54.1 Å². The third-order valence-electron chi connectivity index (χ3n) is 6.62. The molecule has 0 bridgehead atoms. The predicted molar refractivity (Wildman–Crippen MR) is 149 cm³/mol. The monoisotopic (exact) mass is 510 g/mol. The van der Waals surface area contributed by atoms with Crippen LogP contribution in [0.4, 0.5) is 10.5 Å². The number of anilines is 1. The minimum Gasteiger partial charge on any atom is -0.466 e. The van der Waals surface area contributed by atoms with Crippen LogP contribution in [0.5, 0.6) is 0 Å². The van der Waals surface area contributed by atoms with Gasteiger partial charge in [0.1, 0.15) is 0 Å². The number of esters is 1. The number of nitrogens with one attached hydrogen (secondary N) is 1. The fraction of sp³-hybridized carbons (Fsp3) is 0.533. The van der Waals surface area contributed by atoms with E-state index in [0.29, 0.717) is 19.1 Å². The van der Waals surface area contributed by atoms with Crippen molar-refractivity contribution in [3.63, 3.8) is 0 Å². The zero-order chi connectivity index (χ0) is 25.6. The van der Waals surface area contributed by atoms with E-state index in [1.54, 1.807) is 11.8 Å². The molecule has 196 valence electrons. The van der Waals surface area contributed by atoms with E-state index in [9.17, 15) is 9.59 Å². The molecule has 0 radical (unpaired) electrons. The lowest BCUT2D eigenvalue weighted by atomic mass is 9.96. The lowest BCUT2D eigenvalue weighted by Gasteiger charge is -2.28. The molecule has 2 amide bonds. The number of nitrogens with zero attached hydrogens (tertiary/aromatic N) is 1. The number of carbonyl (C=O) groups is 2. The Morgan fingerprint density at radius 3 is 2.17 bits per heavy atom. The van der Waals surface area contributed by atoms with Crippen molar-refractivity contribution in [1.29, 1.82) is 0 Å². The minimum absolute atomic E-state index is 0.0370. The second-order valence-electron chi connectivity index (χ2n) is 9.57. The highest BCUT2D eigenvalue weighted by Gasteiger charge is 2.21. The summed E-state index contributed by atoms with van der Waals surface area (Å²) in [5, 5.41) is 3.30. The SMILES string of the molecule is CCCCCCCN(C(=O)NC1CCCCC1)c1ccc(Sc2ccc(CC(=O)OCC)cc2)cc1. The van der Waals surface area contributed by atoms with Crippen molar-refractivity contribution in [2.75, 3.05) is 18.1 Å². The van der Waals surface area contributed by atoms with E-state index >= 15 is 0 Å². The summed E-state index contributed by atoms with van der Waals surface area (Å²) in [7, 11) is 0. The van der Waals surface area contributed by atoms with Gasteiger partial charge in [-0.2, -0.15) is 0 Å². The molecule has 1 saturated carbocycles. The van der Waals surface area contributed by atoms with Crippen LogP contribution in [-0.2, 0) is 16.0 Å². The van der Waals surface area contributed by atoms with E-state index in [1.165, 1.54) is 38.5 Å². The fourth-order valence-electron chi connectivity index (χ4n) is 4.61. The molecule has 0 aliphatic heterocycles. The van der Waals surface area contributed by atoms with Gasteiger partial charge in [0.25, 0.3) is 0 Å². The second-order valence-corrected chi connectivity index (χ2v) is 10.7. The summed E-state index contributed by atoms with van der Waals surface area (Å²) in [4.78, 5) is 29.1. The number of ether oxygens (including phenoxy) is 1. The van der Waals surface area contributed by atoms with Gasteiger partial charge in [-0.25, -0.2) is 4.79 Å². The van der Waals surface area contributed by atoms with Gasteiger partial charge < -0.3 is 10.1 Å². The summed E-state index contributed by atoms with van der Waals surface area (Å²) < 4.78 is 5.03. The summed E-state index contributed by atoms with van der Waals surface area (Å²) in [6.07, 6.45) is 12.0. The summed E-state index contributed by atoms with van der Waals surface area (Å²) >= 11 is 1.67. The molecule has 36 heavy (non-hydrogen) atoms. The van der Waals surface area contributed by atoms with Crippen molar-refractivity contribution in [1.82, 2.24) is 5.32 Å². The van der Waals surface area contributed by atoms with Crippen LogP contribution < -0.4 is 10.2 Å². The van der Waals surface area contributed by atoms with Crippen LogP contribution in [-0.4, -0.2) is 31.2 Å². The van der Waals surface area contributed by atoms with Crippen LogP contribution in [0.15, 0.2) is 58.3 Å². The molecule has 5 nitrogen and oxygen atoms in total. The van der Waals surface area contributed by atoms with Crippen molar-refractivity contribution in [3.8, 4) is 0 Å². The summed E-state index contributed by atoms with van der Waals surface area (Å²) in [6.45, 7) is 5.19. The molecule has 0 saturated heterocycles. The van der Waals surface area contributed by atoms with E-state index in [0.717, 1.165) is 53.3 Å². The van der Waals surface area contributed by atoms with E-state index in [1.807, 2.05) is 36.1 Å². The van der Waals surface area contributed by atoms with Gasteiger partial charge in [-0.3, -0.25) is 9.69 Å². The lowest BCUT2D eigenvalue weighted by molar-refractivity contribution is -0.142. The summed E-state index contributed by atoms with van der Waals surface area (Å²) in [5.74, 6) is -0.198. The molecule has 2 aromatic carbocycles. The molecule has 6 heteroatoms.